The van der Waals surface area contributed by atoms with Crippen molar-refractivity contribution in [2.45, 2.75) is 6.61 Å². The van der Waals surface area contributed by atoms with Crippen molar-refractivity contribution >= 4 is 11.9 Å². The average Bonchev–Trinajstić information content (AvgIpc) is 2.47. The molecule has 0 aliphatic carbocycles. The molecule has 0 spiro atoms. The summed E-state index contributed by atoms with van der Waals surface area (Å²) in [5, 5.41) is 9.10. The second-order valence-corrected chi connectivity index (χ2v) is 4.19. The monoisotopic (exact) mass is 276 g/mol. The third-order valence-electron chi connectivity index (χ3n) is 2.42. The number of aliphatic hydroxyl groups is 1. The number of hydrogen-bond donors (Lipinski definition) is 3. The van der Waals surface area contributed by atoms with Crippen LogP contribution in [0.15, 0.2) is 24.3 Å². The Hall–Kier alpha value is -2.45. The predicted molar refractivity (Wildman–Crippen MR) is 74.4 cm³/mol. The van der Waals surface area contributed by atoms with E-state index >= 15 is 0 Å². The van der Waals surface area contributed by atoms with Crippen LogP contribution in [0.5, 0.6) is 11.8 Å². The molecule has 0 radical (unpaired) electrons. The van der Waals surface area contributed by atoms with Gasteiger partial charge in [0.15, 0.2) is 0 Å². The zero-order valence-electron chi connectivity index (χ0n) is 11.2. The second-order valence-electron chi connectivity index (χ2n) is 4.19. The molecule has 0 aliphatic rings. The van der Waals surface area contributed by atoms with Crippen LogP contribution in [0.25, 0.3) is 0 Å². The molecule has 0 unspecified atom stereocenters. The van der Waals surface area contributed by atoms with Gasteiger partial charge < -0.3 is 14.7 Å². The van der Waals surface area contributed by atoms with Crippen molar-refractivity contribution in [1.29, 1.82) is 0 Å². The van der Waals surface area contributed by atoms with E-state index in [1.807, 2.05) is 0 Å². The Kier molecular flexibility index (Phi) is 4.28. The molecular weight excluding hydrogens is 260 g/mol. The minimum absolute atomic E-state index is 0.0625. The molecule has 8 nitrogen and oxygen atoms in total. The van der Waals surface area contributed by atoms with Gasteiger partial charge >= 0.3 is 6.01 Å². The molecule has 0 atom stereocenters. The van der Waals surface area contributed by atoms with E-state index in [0.29, 0.717) is 11.7 Å². The molecule has 2 rings (SSSR count). The first-order valence-electron chi connectivity index (χ1n) is 5.90. The average molecular weight is 276 g/mol. The molecule has 2 aromatic rings. The van der Waals surface area contributed by atoms with Gasteiger partial charge in [-0.25, -0.2) is 5.84 Å². The summed E-state index contributed by atoms with van der Waals surface area (Å²) in [5.74, 6) is 6.46. The number of benzene rings is 1. The Morgan fingerprint density at radius 3 is 2.75 bits per heavy atom. The molecule has 1 aromatic carbocycles. The number of ether oxygens (including phenoxy) is 1. The van der Waals surface area contributed by atoms with Crippen molar-refractivity contribution in [3.63, 3.8) is 0 Å². The Morgan fingerprint density at radius 2 is 2.10 bits per heavy atom. The fraction of sp³-hybridized carbons (Fsp3) is 0.250. The zero-order valence-corrected chi connectivity index (χ0v) is 11.2. The van der Waals surface area contributed by atoms with Crippen LogP contribution in [0.2, 0.25) is 0 Å². The summed E-state index contributed by atoms with van der Waals surface area (Å²) in [4.78, 5) is 14.0. The number of anilines is 2. The van der Waals surface area contributed by atoms with Gasteiger partial charge in [-0.2, -0.15) is 15.0 Å². The predicted octanol–water partition coefficient (Wildman–Crippen LogP) is 0.508. The highest BCUT2D eigenvalue weighted by Gasteiger charge is 2.09. The number of nitrogens with one attached hydrogen (secondary N) is 1. The van der Waals surface area contributed by atoms with Gasteiger partial charge in [-0.05, 0) is 17.7 Å². The standard InChI is InChI=1S/C12H16N6O2/c1-18(2)11-14-10(17-13)15-12(16-11)20-9-5-3-4-8(6-9)7-19/h3-6,19H,7,13H2,1-2H3,(H,14,15,16,17). The highest BCUT2D eigenvalue weighted by molar-refractivity contribution is 5.37. The lowest BCUT2D eigenvalue weighted by atomic mass is 10.2. The van der Waals surface area contributed by atoms with Gasteiger partial charge in [0.05, 0.1) is 6.61 Å². The van der Waals surface area contributed by atoms with Crippen LogP contribution >= 0.6 is 0 Å². The third-order valence-corrected chi connectivity index (χ3v) is 2.42. The summed E-state index contributed by atoms with van der Waals surface area (Å²) in [6, 6.07) is 7.13. The number of aliphatic hydroxyl groups excluding tert-OH is 1. The first-order chi connectivity index (χ1) is 9.62. The quantitative estimate of drug-likeness (QED) is 0.535. The molecule has 0 aliphatic heterocycles. The van der Waals surface area contributed by atoms with E-state index in [2.05, 4.69) is 20.4 Å². The van der Waals surface area contributed by atoms with Crippen molar-refractivity contribution in [3.05, 3.63) is 29.8 Å². The summed E-state index contributed by atoms with van der Waals surface area (Å²) in [6.07, 6.45) is 0. The van der Waals surface area contributed by atoms with E-state index in [1.54, 1.807) is 43.3 Å². The Labute approximate surface area is 116 Å². The molecule has 4 N–H and O–H groups in total. The SMILES string of the molecule is CN(C)c1nc(NN)nc(Oc2cccc(CO)c2)n1. The van der Waals surface area contributed by atoms with Gasteiger partial charge in [0.2, 0.25) is 11.9 Å². The lowest BCUT2D eigenvalue weighted by molar-refractivity contribution is 0.281. The lowest BCUT2D eigenvalue weighted by Gasteiger charge is -2.12. The van der Waals surface area contributed by atoms with Crippen LogP contribution in [-0.2, 0) is 6.61 Å². The molecule has 0 amide bonds. The number of nitrogens with two attached hydrogens (primary N) is 1. The maximum Gasteiger partial charge on any atom is 0.328 e. The molecule has 1 heterocycles. The zero-order chi connectivity index (χ0) is 14.5. The van der Waals surface area contributed by atoms with E-state index in [4.69, 9.17) is 15.7 Å². The molecule has 0 saturated heterocycles. The molecule has 1 aromatic heterocycles. The van der Waals surface area contributed by atoms with Gasteiger partial charge in [0, 0.05) is 14.1 Å². The smallest absolute Gasteiger partial charge is 0.328 e. The van der Waals surface area contributed by atoms with E-state index in [9.17, 15) is 0 Å². The van der Waals surface area contributed by atoms with Gasteiger partial charge in [-0.3, -0.25) is 5.43 Å². The van der Waals surface area contributed by atoms with Crippen LogP contribution in [-0.4, -0.2) is 34.2 Å². The maximum atomic E-state index is 9.10. The molecular formula is C12H16N6O2. The highest BCUT2D eigenvalue weighted by Crippen LogP contribution is 2.21. The van der Waals surface area contributed by atoms with Crippen LogP contribution in [0, 0.1) is 0 Å². The van der Waals surface area contributed by atoms with Crippen molar-refractivity contribution in [1.82, 2.24) is 15.0 Å². The van der Waals surface area contributed by atoms with Crippen LogP contribution < -0.4 is 20.9 Å². The summed E-state index contributed by atoms with van der Waals surface area (Å²) >= 11 is 0. The normalized spacial score (nSPS) is 10.2. The lowest BCUT2D eigenvalue weighted by Crippen LogP contribution is -2.17. The molecule has 0 bridgehead atoms. The number of aromatic nitrogens is 3. The van der Waals surface area contributed by atoms with Crippen LogP contribution in [0.3, 0.4) is 0 Å². The van der Waals surface area contributed by atoms with Crippen LogP contribution in [0.1, 0.15) is 5.56 Å². The molecule has 0 saturated carbocycles. The molecule has 20 heavy (non-hydrogen) atoms. The van der Waals surface area contributed by atoms with Gasteiger partial charge in [0.25, 0.3) is 0 Å². The van der Waals surface area contributed by atoms with E-state index in [-0.39, 0.29) is 18.6 Å². The second kappa shape index (κ2) is 6.13. The Balaban J connectivity index is 2.29. The number of hydrazine groups is 1. The first-order valence-corrected chi connectivity index (χ1v) is 5.90. The summed E-state index contributed by atoms with van der Waals surface area (Å²) in [7, 11) is 3.59. The first kappa shape index (κ1) is 14.0. The summed E-state index contributed by atoms with van der Waals surface area (Å²) in [5.41, 5.74) is 3.10. The molecule has 106 valence electrons. The van der Waals surface area contributed by atoms with Gasteiger partial charge in [-0.15, -0.1) is 0 Å². The van der Waals surface area contributed by atoms with E-state index in [1.165, 1.54) is 0 Å². The van der Waals surface area contributed by atoms with E-state index < -0.39 is 0 Å². The van der Waals surface area contributed by atoms with Gasteiger partial charge in [0.1, 0.15) is 5.75 Å². The molecule has 0 fully saturated rings. The fourth-order valence-electron chi connectivity index (χ4n) is 1.47. The van der Waals surface area contributed by atoms with Crippen molar-refractivity contribution in [3.8, 4) is 11.8 Å². The van der Waals surface area contributed by atoms with E-state index in [0.717, 1.165) is 5.56 Å². The summed E-state index contributed by atoms with van der Waals surface area (Å²) < 4.78 is 5.56. The third kappa shape index (κ3) is 3.31. The number of nitrogens with zero attached hydrogens (tertiary/aromatic N) is 4. The number of hydrogen-bond acceptors (Lipinski definition) is 8. The molecule has 8 heteroatoms. The maximum absolute atomic E-state index is 9.10. The van der Waals surface area contributed by atoms with Crippen molar-refractivity contribution in [2.75, 3.05) is 24.4 Å². The minimum Gasteiger partial charge on any atom is -0.424 e. The summed E-state index contributed by atoms with van der Waals surface area (Å²) in [6.45, 7) is -0.0625. The van der Waals surface area contributed by atoms with Gasteiger partial charge in [-0.1, -0.05) is 12.1 Å². The minimum atomic E-state index is -0.0625. The Bertz CT molecular complexity index is 590. The highest BCUT2D eigenvalue weighted by atomic mass is 16.5. The largest absolute Gasteiger partial charge is 0.424 e. The topological polar surface area (TPSA) is 109 Å². The fourth-order valence-corrected chi connectivity index (χ4v) is 1.47. The Morgan fingerprint density at radius 1 is 1.30 bits per heavy atom. The number of rotatable bonds is 5. The van der Waals surface area contributed by atoms with Crippen molar-refractivity contribution < 1.29 is 9.84 Å². The van der Waals surface area contributed by atoms with Crippen molar-refractivity contribution in [2.24, 2.45) is 5.84 Å². The number of nitrogen functional groups attached to an aromatic ring is 1. The van der Waals surface area contributed by atoms with Crippen LogP contribution in [0.4, 0.5) is 11.9 Å².